The van der Waals surface area contributed by atoms with Gasteiger partial charge in [0, 0.05) is 24.5 Å². The maximum Gasteiger partial charge on any atom is 0.227 e. The fourth-order valence-electron chi connectivity index (χ4n) is 2.39. The van der Waals surface area contributed by atoms with E-state index in [2.05, 4.69) is 15.5 Å². The van der Waals surface area contributed by atoms with Gasteiger partial charge < -0.3 is 15.0 Å². The number of amides is 1. The van der Waals surface area contributed by atoms with Gasteiger partial charge in [0.25, 0.3) is 0 Å². The zero-order valence-corrected chi connectivity index (χ0v) is 16.8. The Balaban J connectivity index is 1.49. The number of anilines is 1. The fourth-order valence-corrected chi connectivity index (χ4v) is 5.12. The van der Waals surface area contributed by atoms with Gasteiger partial charge in [0.1, 0.15) is 0 Å². The van der Waals surface area contributed by atoms with E-state index in [-0.39, 0.29) is 11.7 Å². The second-order valence-corrected chi connectivity index (χ2v) is 8.92. The van der Waals surface area contributed by atoms with Gasteiger partial charge >= 0.3 is 0 Å². The van der Waals surface area contributed by atoms with Crippen LogP contribution >= 0.6 is 34.4 Å². The first-order chi connectivity index (χ1) is 12.7. The lowest BCUT2D eigenvalue weighted by Crippen LogP contribution is -2.41. The molecule has 0 saturated carbocycles. The third kappa shape index (κ3) is 5.26. The number of nitrogens with zero attached hydrogens (tertiary/aromatic N) is 3. The molecule has 1 aliphatic heterocycles. The predicted molar refractivity (Wildman–Crippen MR) is 105 cm³/mol. The Morgan fingerprint density at radius 3 is 2.85 bits per heavy atom. The van der Waals surface area contributed by atoms with E-state index in [9.17, 15) is 9.59 Å². The summed E-state index contributed by atoms with van der Waals surface area (Å²) in [6, 6.07) is 3.68. The third-order valence-electron chi connectivity index (χ3n) is 3.69. The summed E-state index contributed by atoms with van der Waals surface area (Å²) >= 11 is 4.23. The molecule has 3 rings (SSSR count). The number of ether oxygens (including phenoxy) is 1. The molecule has 140 valence electrons. The molecule has 2 aromatic rings. The molecule has 26 heavy (non-hydrogen) atoms. The molecule has 2 aromatic heterocycles. The van der Waals surface area contributed by atoms with Gasteiger partial charge in [-0.3, -0.25) is 9.59 Å². The second kappa shape index (κ2) is 9.45. The van der Waals surface area contributed by atoms with Gasteiger partial charge in [-0.15, -0.1) is 21.5 Å². The van der Waals surface area contributed by atoms with Crippen LogP contribution in [0.4, 0.5) is 5.13 Å². The Hall–Kier alpha value is -1.49. The molecular formula is C16H20N4O3S3. The van der Waals surface area contributed by atoms with Crippen LogP contribution in [0.3, 0.4) is 0 Å². The minimum atomic E-state index is 0.0465. The van der Waals surface area contributed by atoms with E-state index in [1.165, 1.54) is 34.4 Å². The Morgan fingerprint density at radius 2 is 2.08 bits per heavy atom. The number of carbonyl (C=O) groups excluding carboxylic acids is 2. The lowest BCUT2D eigenvalue weighted by molar-refractivity contribution is -0.134. The highest BCUT2D eigenvalue weighted by molar-refractivity contribution is 8.01. The maximum absolute atomic E-state index is 12.4. The fraction of sp³-hybridized carbons (Fsp3) is 0.500. The van der Waals surface area contributed by atoms with Gasteiger partial charge in [-0.25, -0.2) is 0 Å². The summed E-state index contributed by atoms with van der Waals surface area (Å²) in [6.45, 7) is 5.26. The van der Waals surface area contributed by atoms with Crippen LogP contribution in [0.15, 0.2) is 16.5 Å². The van der Waals surface area contributed by atoms with Gasteiger partial charge in [-0.2, -0.15) is 0 Å². The molecule has 7 nitrogen and oxygen atoms in total. The number of ketones is 1. The van der Waals surface area contributed by atoms with E-state index in [4.69, 9.17) is 4.74 Å². The van der Waals surface area contributed by atoms with Gasteiger partial charge in [0.15, 0.2) is 10.1 Å². The normalized spacial score (nSPS) is 14.4. The first-order valence-electron chi connectivity index (χ1n) is 8.33. The molecular weight excluding hydrogens is 392 g/mol. The molecule has 0 aromatic carbocycles. The van der Waals surface area contributed by atoms with Crippen molar-refractivity contribution in [2.75, 3.05) is 43.9 Å². The van der Waals surface area contributed by atoms with Crippen LogP contribution in [0, 0.1) is 0 Å². The molecule has 1 saturated heterocycles. The molecule has 1 aliphatic rings. The highest BCUT2D eigenvalue weighted by atomic mass is 32.2. The van der Waals surface area contributed by atoms with Crippen LogP contribution < -0.4 is 5.32 Å². The molecule has 1 amide bonds. The zero-order chi connectivity index (χ0) is 18.4. The third-order valence-corrected chi connectivity index (χ3v) is 6.83. The zero-order valence-electron chi connectivity index (χ0n) is 14.4. The Bertz CT molecular complexity index is 756. The molecule has 1 N–H and O–H groups in total. The SMILES string of the molecule is CCNc1nnc(SCC(=O)c2ccc(CC(=O)N3CCOCC3)s2)s1. The molecule has 3 heterocycles. The summed E-state index contributed by atoms with van der Waals surface area (Å²) in [7, 11) is 0. The average molecular weight is 413 g/mol. The molecule has 10 heteroatoms. The monoisotopic (exact) mass is 412 g/mol. The lowest BCUT2D eigenvalue weighted by atomic mass is 10.3. The average Bonchev–Trinajstić information content (AvgIpc) is 3.30. The van der Waals surface area contributed by atoms with Crippen LogP contribution in [-0.4, -0.2) is 65.4 Å². The van der Waals surface area contributed by atoms with Crippen molar-refractivity contribution in [3.8, 4) is 0 Å². The molecule has 0 radical (unpaired) electrons. The summed E-state index contributed by atoms with van der Waals surface area (Å²) in [5, 5.41) is 11.9. The van der Waals surface area contributed by atoms with Crippen LogP contribution in [0.5, 0.6) is 0 Å². The van der Waals surface area contributed by atoms with Gasteiger partial charge in [0.05, 0.1) is 30.3 Å². The van der Waals surface area contributed by atoms with Crippen LogP contribution in [0.25, 0.3) is 0 Å². The summed E-state index contributed by atoms with van der Waals surface area (Å²) in [4.78, 5) is 28.1. The first kappa shape index (κ1) is 19.3. The highest BCUT2D eigenvalue weighted by Gasteiger charge is 2.19. The highest BCUT2D eigenvalue weighted by Crippen LogP contribution is 2.27. The summed E-state index contributed by atoms with van der Waals surface area (Å²) < 4.78 is 6.03. The number of aromatic nitrogens is 2. The molecule has 0 atom stereocenters. The number of Topliss-reactive ketones (excluding diaryl/α,β-unsaturated/α-hetero) is 1. The molecule has 0 aliphatic carbocycles. The van der Waals surface area contributed by atoms with E-state index < -0.39 is 0 Å². The summed E-state index contributed by atoms with van der Waals surface area (Å²) in [5.74, 6) is 0.455. The molecule has 0 unspecified atom stereocenters. The number of hydrogen-bond acceptors (Lipinski definition) is 9. The molecule has 1 fully saturated rings. The van der Waals surface area contributed by atoms with E-state index in [1.54, 1.807) is 6.07 Å². The van der Waals surface area contributed by atoms with Crippen LogP contribution in [-0.2, 0) is 16.0 Å². The van der Waals surface area contributed by atoms with E-state index in [0.717, 1.165) is 20.9 Å². The minimum Gasteiger partial charge on any atom is -0.378 e. The lowest BCUT2D eigenvalue weighted by Gasteiger charge is -2.26. The smallest absolute Gasteiger partial charge is 0.227 e. The summed E-state index contributed by atoms with van der Waals surface area (Å²) in [6.07, 6.45) is 0.341. The van der Waals surface area contributed by atoms with Crippen molar-refractivity contribution in [1.82, 2.24) is 15.1 Å². The van der Waals surface area contributed by atoms with Crippen molar-refractivity contribution in [3.63, 3.8) is 0 Å². The van der Waals surface area contributed by atoms with Crippen molar-refractivity contribution in [1.29, 1.82) is 0 Å². The number of hydrogen-bond donors (Lipinski definition) is 1. The first-order valence-corrected chi connectivity index (χ1v) is 10.9. The largest absolute Gasteiger partial charge is 0.378 e. The number of thiophene rings is 1. The van der Waals surface area contributed by atoms with Gasteiger partial charge in [0.2, 0.25) is 11.0 Å². The molecule has 0 spiro atoms. The number of carbonyl (C=O) groups is 2. The van der Waals surface area contributed by atoms with Gasteiger partial charge in [-0.1, -0.05) is 23.1 Å². The number of thioether (sulfide) groups is 1. The van der Waals surface area contributed by atoms with Crippen LogP contribution in [0.1, 0.15) is 21.5 Å². The Labute approximate surface area is 164 Å². The maximum atomic E-state index is 12.4. The van der Waals surface area contributed by atoms with Crippen molar-refractivity contribution in [2.24, 2.45) is 0 Å². The topological polar surface area (TPSA) is 84.4 Å². The predicted octanol–water partition coefficient (Wildman–Crippen LogP) is 2.41. The second-order valence-electron chi connectivity index (χ2n) is 5.55. The van der Waals surface area contributed by atoms with Crippen molar-refractivity contribution >= 4 is 51.3 Å². The Morgan fingerprint density at radius 1 is 1.27 bits per heavy atom. The quantitative estimate of drug-likeness (QED) is 0.526. The Kier molecular flexibility index (Phi) is 7.00. The van der Waals surface area contributed by atoms with E-state index in [1.807, 2.05) is 17.9 Å². The minimum absolute atomic E-state index is 0.0465. The van der Waals surface area contributed by atoms with Crippen LogP contribution in [0.2, 0.25) is 0 Å². The van der Waals surface area contributed by atoms with Gasteiger partial charge in [-0.05, 0) is 19.1 Å². The summed E-state index contributed by atoms with van der Waals surface area (Å²) in [5.41, 5.74) is 0. The number of nitrogens with one attached hydrogen (secondary N) is 1. The van der Waals surface area contributed by atoms with Crippen molar-refractivity contribution < 1.29 is 14.3 Å². The van der Waals surface area contributed by atoms with E-state index in [0.29, 0.717) is 43.4 Å². The molecule has 0 bridgehead atoms. The standard InChI is InChI=1S/C16H20N4O3S3/c1-2-17-15-18-19-16(26-15)24-10-12(21)13-4-3-11(25-13)9-14(22)20-5-7-23-8-6-20/h3-4H,2,5-10H2,1H3,(H,17,18). The van der Waals surface area contributed by atoms with Crippen molar-refractivity contribution in [3.05, 3.63) is 21.9 Å². The van der Waals surface area contributed by atoms with Crippen molar-refractivity contribution in [2.45, 2.75) is 17.7 Å². The number of rotatable bonds is 8. The number of morpholine rings is 1. The van der Waals surface area contributed by atoms with E-state index >= 15 is 0 Å².